The van der Waals surface area contributed by atoms with E-state index >= 15 is 0 Å². The Kier molecular flexibility index (Phi) is 23.8. The number of aliphatic hydroxyl groups is 1. The van der Waals surface area contributed by atoms with E-state index in [1.165, 1.54) is 18.2 Å². The van der Waals surface area contributed by atoms with Crippen LogP contribution in [0.1, 0.15) is 53.4 Å². The predicted molar refractivity (Wildman–Crippen MR) is 244 cm³/mol. The number of imidazole rings is 1. The molecule has 1 aliphatic rings. The summed E-state index contributed by atoms with van der Waals surface area (Å²) in [5.41, 5.74) is 7.94. The number of nitrogen functional groups attached to an aromatic ring is 1. The summed E-state index contributed by atoms with van der Waals surface area (Å²) >= 11 is 6.07. The van der Waals surface area contributed by atoms with Gasteiger partial charge in [0.05, 0.1) is 77.3 Å². The van der Waals surface area contributed by atoms with Crippen LogP contribution in [0, 0.1) is 12.7 Å². The molecular weight excluding hydrogens is 942 g/mol. The number of benzene rings is 3. The number of amides is 1. The third-order valence-corrected chi connectivity index (χ3v) is 11.2. The molecule has 68 heavy (non-hydrogen) atoms. The maximum atomic E-state index is 13.1. The molecule has 2 unspecified atom stereocenters. The number of rotatable bonds is 20. The van der Waals surface area contributed by atoms with Crippen LogP contribution in [0.3, 0.4) is 0 Å². The zero-order chi connectivity index (χ0) is 49.1. The standard InChI is InChI=1S/C21H25ClFN3O3.C18H20N3O3S.C6H8O7.Na/c1-2-28-20-10-19(24)18(22)9-17(20)21(27)25-11-16-13-26(7-8-29-16)12-14-3-5-15(23)6-4-14;1-13-16(19-9-8-17(13)24-11-5-10-23-2)12-25(22)18-20-14-6-3-4-7-15(14)21-18;7-3(8)1-6(13,5(11)12)2-4(9)10;/h3-6,9-10,16H,2,7-8,11-13,24H2,1H3,(H,25,27);3-4,6-9H,5,10-12H2,1-2H3;13H,1-2H2,(H,7,8)(H,9,10)(H,11,12);/q;-1;;+1. The number of aromatic nitrogens is 3. The van der Waals surface area contributed by atoms with Crippen molar-refractivity contribution in [2.75, 3.05) is 58.9 Å². The number of carboxylic acids is 3. The van der Waals surface area contributed by atoms with Crippen molar-refractivity contribution in [3.05, 3.63) is 106 Å². The maximum Gasteiger partial charge on any atom is 1.00 e. The van der Waals surface area contributed by atoms with E-state index in [1.807, 2.05) is 44.2 Å². The molecule has 7 N–H and O–H groups in total. The minimum atomic E-state index is -2.74. The van der Waals surface area contributed by atoms with E-state index < -0.39 is 47.2 Å². The van der Waals surface area contributed by atoms with E-state index in [-0.39, 0.29) is 53.1 Å². The molecule has 0 bridgehead atoms. The summed E-state index contributed by atoms with van der Waals surface area (Å²) < 4.78 is 47.8. The molecule has 1 saturated heterocycles. The van der Waals surface area contributed by atoms with Gasteiger partial charge in [-0.05, 0) is 54.7 Å². The number of nitrogens with two attached hydrogens (primary N) is 1. The van der Waals surface area contributed by atoms with Gasteiger partial charge in [0.25, 0.3) is 5.91 Å². The van der Waals surface area contributed by atoms with Gasteiger partial charge in [0.1, 0.15) is 17.3 Å². The number of carboxylic acid groups (broad SMARTS) is 3. The molecule has 23 heteroatoms. The molecule has 2 atom stereocenters. The molecule has 0 saturated carbocycles. The van der Waals surface area contributed by atoms with E-state index in [1.54, 1.807) is 31.5 Å². The zero-order valence-corrected chi connectivity index (χ0v) is 41.6. The monoisotopic (exact) mass is 994 g/mol. The number of aliphatic carboxylic acids is 3. The summed E-state index contributed by atoms with van der Waals surface area (Å²) in [6.45, 7) is 8.46. The number of ether oxygens (including phenoxy) is 4. The van der Waals surface area contributed by atoms with Gasteiger partial charge in [0, 0.05) is 69.3 Å². The second-order valence-corrected chi connectivity index (χ2v) is 16.7. The Hall–Kier alpha value is -5.23. The SMILES string of the molecule is CCOc1cc(N)c(Cl)cc1C(=O)NCC1CN(Cc2ccc(F)cc2)CCO1.COCCCOc1ccnc(CS(=O)c2nc3ccccc3[n-]2)c1C.O=C(O)CC(O)(CC(=O)O)C(=O)O.[Na+]. The van der Waals surface area contributed by atoms with Gasteiger partial charge in [0.15, 0.2) is 5.60 Å². The van der Waals surface area contributed by atoms with Gasteiger partial charge in [-0.25, -0.2) is 9.18 Å². The number of fused-ring (bicyclic) bond motifs is 1. The van der Waals surface area contributed by atoms with Crippen LogP contribution >= 0.6 is 11.6 Å². The number of hydrogen-bond acceptors (Lipinski definition) is 14. The summed E-state index contributed by atoms with van der Waals surface area (Å²) in [4.78, 5) is 58.4. The van der Waals surface area contributed by atoms with Crippen molar-refractivity contribution in [2.24, 2.45) is 0 Å². The van der Waals surface area contributed by atoms with Crippen LogP contribution in [0.2, 0.25) is 5.02 Å². The molecule has 2 aromatic heterocycles. The fraction of sp³-hybridized carbons (Fsp3) is 0.378. The summed E-state index contributed by atoms with van der Waals surface area (Å²) in [6, 6.07) is 18.9. The predicted octanol–water partition coefficient (Wildman–Crippen LogP) is 1.46. The molecule has 19 nitrogen and oxygen atoms in total. The van der Waals surface area contributed by atoms with Crippen LogP contribution < -0.4 is 55.1 Å². The summed E-state index contributed by atoms with van der Waals surface area (Å²) in [5, 5.41) is 37.3. The minimum Gasteiger partial charge on any atom is -0.493 e. The van der Waals surface area contributed by atoms with Gasteiger partial charge in [-0.1, -0.05) is 48.0 Å². The fourth-order valence-corrected chi connectivity index (χ4v) is 7.59. The maximum absolute atomic E-state index is 13.1. The van der Waals surface area contributed by atoms with Crippen molar-refractivity contribution >= 4 is 62.9 Å². The van der Waals surface area contributed by atoms with Crippen molar-refractivity contribution in [3.63, 3.8) is 0 Å². The molecule has 1 amide bonds. The van der Waals surface area contributed by atoms with Crippen LogP contribution in [0.25, 0.3) is 11.0 Å². The van der Waals surface area contributed by atoms with Crippen molar-refractivity contribution in [3.8, 4) is 11.5 Å². The molecule has 5 aromatic rings. The number of hydrogen-bond donors (Lipinski definition) is 6. The van der Waals surface area contributed by atoms with Crippen LogP contribution in [0.4, 0.5) is 10.1 Å². The van der Waals surface area contributed by atoms with Crippen LogP contribution in [-0.4, -0.2) is 128 Å². The number of pyridine rings is 1. The van der Waals surface area contributed by atoms with Gasteiger partial charge in [0.2, 0.25) is 0 Å². The Morgan fingerprint density at radius 1 is 1.03 bits per heavy atom. The number of methoxy groups -OCH3 is 1. The number of carbonyl (C=O) groups excluding carboxylic acids is 1. The van der Waals surface area contributed by atoms with Crippen LogP contribution in [0.5, 0.6) is 11.5 Å². The second kappa shape index (κ2) is 28.3. The number of halogens is 2. The van der Waals surface area contributed by atoms with Crippen molar-refractivity contribution in [1.82, 2.24) is 25.2 Å². The molecule has 1 aliphatic heterocycles. The van der Waals surface area contributed by atoms with E-state index in [0.29, 0.717) is 73.2 Å². The molecule has 0 aliphatic carbocycles. The molecule has 362 valence electrons. The molecule has 0 spiro atoms. The van der Waals surface area contributed by atoms with E-state index in [9.17, 15) is 27.8 Å². The summed E-state index contributed by atoms with van der Waals surface area (Å²) in [5.74, 6) is -4.15. The van der Waals surface area contributed by atoms with E-state index in [0.717, 1.165) is 46.6 Å². The first-order valence-electron chi connectivity index (χ1n) is 20.7. The number of carbonyl (C=O) groups is 4. The third kappa shape index (κ3) is 18.0. The first kappa shape index (κ1) is 57.1. The van der Waals surface area contributed by atoms with Gasteiger partial charge >= 0.3 is 47.5 Å². The molecule has 3 aromatic carbocycles. The molecule has 1 fully saturated rings. The quantitative estimate of drug-likeness (QED) is 0.0366. The Bertz CT molecular complexity index is 2440. The molecule has 0 radical (unpaired) electrons. The van der Waals surface area contributed by atoms with E-state index in [2.05, 4.69) is 25.2 Å². The Morgan fingerprint density at radius 2 is 1.72 bits per heavy atom. The average molecular weight is 995 g/mol. The largest absolute Gasteiger partial charge is 1.00 e. The summed E-state index contributed by atoms with van der Waals surface area (Å²) in [6.07, 6.45) is 0.0533. The third-order valence-electron chi connectivity index (χ3n) is 9.76. The number of morpholine rings is 1. The summed E-state index contributed by atoms with van der Waals surface area (Å²) in [7, 11) is 0.312. The van der Waals surface area contributed by atoms with Gasteiger partial charge in [-0.3, -0.25) is 28.5 Å². The smallest absolute Gasteiger partial charge is 0.493 e. The zero-order valence-electron chi connectivity index (χ0n) is 38.0. The van der Waals surface area contributed by atoms with Gasteiger partial charge < -0.3 is 60.4 Å². The number of para-hydroxylation sites is 2. The van der Waals surface area contributed by atoms with Crippen molar-refractivity contribution in [1.29, 1.82) is 0 Å². The molecule has 6 rings (SSSR count). The normalized spacial score (nSPS) is 13.9. The van der Waals surface area contributed by atoms with Crippen molar-refractivity contribution in [2.45, 2.75) is 62.3 Å². The Morgan fingerprint density at radius 3 is 2.35 bits per heavy atom. The molecular formula is C45H53ClFN6NaO13S. The topological polar surface area (TPSA) is 284 Å². The Labute approximate surface area is 421 Å². The van der Waals surface area contributed by atoms with Crippen molar-refractivity contribution < 1.29 is 96.7 Å². The van der Waals surface area contributed by atoms with Crippen LogP contribution in [0.15, 0.2) is 78.1 Å². The minimum absolute atomic E-state index is 0. The first-order valence-corrected chi connectivity index (χ1v) is 22.4. The fourth-order valence-electron chi connectivity index (χ4n) is 6.35. The van der Waals surface area contributed by atoms with Crippen LogP contribution in [-0.2, 0) is 47.0 Å². The Balaban J connectivity index is 0.000000287. The van der Waals surface area contributed by atoms with Gasteiger partial charge in [-0.15, -0.1) is 0 Å². The molecule has 3 heterocycles. The second-order valence-electron chi connectivity index (χ2n) is 14.9. The number of nitrogens with one attached hydrogen (secondary N) is 1. The number of anilines is 1. The van der Waals surface area contributed by atoms with E-state index in [4.69, 9.17) is 56.7 Å². The number of nitrogens with zero attached hydrogens (tertiary/aromatic N) is 4. The van der Waals surface area contributed by atoms with Gasteiger partial charge in [-0.2, -0.15) is 0 Å². The first-order chi connectivity index (χ1) is 31.9. The average Bonchev–Trinajstić information content (AvgIpc) is 3.73.